The quantitative estimate of drug-likeness (QED) is 0.772. The van der Waals surface area contributed by atoms with Crippen LogP contribution in [0.1, 0.15) is 39.2 Å². The van der Waals surface area contributed by atoms with Crippen LogP contribution < -0.4 is 0 Å². The summed E-state index contributed by atoms with van der Waals surface area (Å²) in [5.41, 5.74) is -0.118. The minimum Gasteiger partial charge on any atom is -0.478 e. The highest BCUT2D eigenvalue weighted by Gasteiger charge is 2.26. The van der Waals surface area contributed by atoms with E-state index < -0.39 is 11.9 Å². The second-order valence-electron chi connectivity index (χ2n) is 2.99. The van der Waals surface area contributed by atoms with Gasteiger partial charge < -0.3 is 14.3 Å². The molecule has 0 unspecified atom stereocenters. The number of carboxylic acid groups (broad SMARTS) is 1. The van der Waals surface area contributed by atoms with Gasteiger partial charge in [-0.1, -0.05) is 0 Å². The normalized spacial score (nSPS) is 10.1. The molecule has 0 fully saturated rings. The predicted octanol–water partition coefficient (Wildman–Crippen LogP) is 1.77. The Morgan fingerprint density at radius 1 is 1.27 bits per heavy atom. The molecule has 15 heavy (non-hydrogen) atoms. The smallest absolute Gasteiger partial charge is 0.342 e. The molecule has 1 rings (SSSR count). The zero-order valence-corrected chi connectivity index (χ0v) is 8.79. The maximum absolute atomic E-state index is 11.5. The summed E-state index contributed by atoms with van der Waals surface area (Å²) in [4.78, 5) is 22.4. The van der Waals surface area contributed by atoms with E-state index in [1.807, 2.05) is 0 Å². The van der Waals surface area contributed by atoms with E-state index in [0.29, 0.717) is 0 Å². The lowest BCUT2D eigenvalue weighted by molar-refractivity contribution is 0.0513. The molecule has 0 saturated heterocycles. The number of hydrogen-bond donors (Lipinski definition) is 1. The molecule has 0 amide bonds. The summed E-state index contributed by atoms with van der Waals surface area (Å²) in [7, 11) is 0. The summed E-state index contributed by atoms with van der Waals surface area (Å²) in [6.07, 6.45) is 0. The fraction of sp³-hybridized carbons (Fsp3) is 0.400. The first-order valence-electron chi connectivity index (χ1n) is 4.49. The van der Waals surface area contributed by atoms with Crippen LogP contribution in [-0.4, -0.2) is 23.7 Å². The van der Waals surface area contributed by atoms with Crippen molar-refractivity contribution in [1.29, 1.82) is 0 Å². The Balaban J connectivity index is 3.26. The maximum Gasteiger partial charge on any atom is 0.342 e. The number of rotatable bonds is 3. The Kier molecular flexibility index (Phi) is 3.14. The fourth-order valence-corrected chi connectivity index (χ4v) is 1.39. The molecule has 1 aromatic heterocycles. The van der Waals surface area contributed by atoms with Crippen LogP contribution in [0.2, 0.25) is 0 Å². The molecule has 1 N–H and O–H groups in total. The van der Waals surface area contributed by atoms with Gasteiger partial charge in [-0.2, -0.15) is 0 Å². The molecule has 0 bridgehead atoms. The number of aromatic carboxylic acids is 1. The average molecular weight is 212 g/mol. The number of carboxylic acids is 1. The van der Waals surface area contributed by atoms with Gasteiger partial charge in [0.1, 0.15) is 22.6 Å². The molecule has 0 saturated carbocycles. The molecule has 82 valence electrons. The lowest BCUT2D eigenvalue weighted by Gasteiger charge is -2.00. The highest BCUT2D eigenvalue weighted by Crippen LogP contribution is 2.22. The second-order valence-corrected chi connectivity index (χ2v) is 2.99. The van der Waals surface area contributed by atoms with Crippen molar-refractivity contribution in [3.8, 4) is 0 Å². The molecule has 0 radical (unpaired) electrons. The van der Waals surface area contributed by atoms with Crippen LogP contribution >= 0.6 is 0 Å². The molecule has 0 atom stereocenters. The van der Waals surface area contributed by atoms with Gasteiger partial charge in [0.05, 0.1) is 6.61 Å². The third-order valence-corrected chi connectivity index (χ3v) is 1.95. The minimum atomic E-state index is -1.19. The number of hydrogen-bond acceptors (Lipinski definition) is 4. The first-order chi connectivity index (χ1) is 6.99. The van der Waals surface area contributed by atoms with Crippen molar-refractivity contribution in [2.24, 2.45) is 0 Å². The predicted molar refractivity (Wildman–Crippen MR) is 51.1 cm³/mol. The summed E-state index contributed by atoms with van der Waals surface area (Å²) < 4.78 is 9.84. The standard InChI is InChI=1S/C10H12O5/c1-4-14-10(13)8-6(3)15-5(2)7(8)9(11)12/h4H2,1-3H3,(H,11,12). The third-order valence-electron chi connectivity index (χ3n) is 1.95. The number of aryl methyl sites for hydroxylation is 2. The van der Waals surface area contributed by atoms with Crippen molar-refractivity contribution in [3.63, 3.8) is 0 Å². The van der Waals surface area contributed by atoms with E-state index in [0.717, 1.165) is 0 Å². The van der Waals surface area contributed by atoms with Crippen molar-refractivity contribution >= 4 is 11.9 Å². The van der Waals surface area contributed by atoms with Crippen LogP contribution in [-0.2, 0) is 4.74 Å². The van der Waals surface area contributed by atoms with Gasteiger partial charge in [-0.3, -0.25) is 0 Å². The molecule has 0 aliphatic heterocycles. The van der Waals surface area contributed by atoms with E-state index in [1.165, 1.54) is 13.8 Å². The van der Waals surface area contributed by atoms with E-state index in [9.17, 15) is 9.59 Å². The molecule has 0 spiro atoms. The molecule has 1 heterocycles. The Labute approximate surface area is 86.6 Å². The fourth-order valence-electron chi connectivity index (χ4n) is 1.39. The Bertz CT molecular complexity index is 402. The first-order valence-corrected chi connectivity index (χ1v) is 4.49. The van der Waals surface area contributed by atoms with Gasteiger partial charge >= 0.3 is 11.9 Å². The van der Waals surface area contributed by atoms with Crippen molar-refractivity contribution in [2.75, 3.05) is 6.61 Å². The largest absolute Gasteiger partial charge is 0.478 e. The summed E-state index contributed by atoms with van der Waals surface area (Å²) in [5.74, 6) is -1.37. The molecular formula is C10H12O5. The Morgan fingerprint density at radius 2 is 1.80 bits per heavy atom. The van der Waals surface area contributed by atoms with Gasteiger partial charge in [0.15, 0.2) is 0 Å². The molecule has 0 aromatic carbocycles. The first kappa shape index (κ1) is 11.3. The highest BCUT2D eigenvalue weighted by atomic mass is 16.5. The van der Waals surface area contributed by atoms with E-state index in [2.05, 4.69) is 0 Å². The molecule has 1 aromatic rings. The number of ether oxygens (including phenoxy) is 1. The number of furan rings is 1. The number of carbonyl (C=O) groups excluding carboxylic acids is 1. The number of esters is 1. The number of carbonyl (C=O) groups is 2. The maximum atomic E-state index is 11.5. The van der Waals surface area contributed by atoms with Gasteiger partial charge in [-0.05, 0) is 20.8 Å². The van der Waals surface area contributed by atoms with Crippen LogP contribution in [0.15, 0.2) is 4.42 Å². The Morgan fingerprint density at radius 3 is 2.27 bits per heavy atom. The lowest BCUT2D eigenvalue weighted by Crippen LogP contribution is -2.11. The van der Waals surface area contributed by atoms with Gasteiger partial charge in [-0.15, -0.1) is 0 Å². The zero-order valence-electron chi connectivity index (χ0n) is 8.79. The SMILES string of the molecule is CCOC(=O)c1c(C)oc(C)c1C(=O)O. The molecule has 0 aliphatic carbocycles. The highest BCUT2D eigenvalue weighted by molar-refractivity contribution is 6.03. The average Bonchev–Trinajstić information content (AvgIpc) is 2.41. The van der Waals surface area contributed by atoms with E-state index in [-0.39, 0.29) is 29.3 Å². The van der Waals surface area contributed by atoms with Crippen LogP contribution in [0.5, 0.6) is 0 Å². The van der Waals surface area contributed by atoms with Crippen molar-refractivity contribution in [3.05, 3.63) is 22.6 Å². The van der Waals surface area contributed by atoms with Gasteiger partial charge in [0.2, 0.25) is 0 Å². The summed E-state index contributed by atoms with van der Waals surface area (Å²) in [6, 6.07) is 0. The van der Waals surface area contributed by atoms with Gasteiger partial charge in [-0.25, -0.2) is 9.59 Å². The zero-order chi connectivity index (χ0) is 11.6. The minimum absolute atomic E-state index is 0.00171. The van der Waals surface area contributed by atoms with Gasteiger partial charge in [0, 0.05) is 0 Å². The molecule has 5 heteroatoms. The second kappa shape index (κ2) is 4.16. The monoisotopic (exact) mass is 212 g/mol. The summed E-state index contributed by atoms with van der Waals surface area (Å²) in [5, 5.41) is 8.91. The Hall–Kier alpha value is -1.78. The van der Waals surface area contributed by atoms with Crippen molar-refractivity contribution in [1.82, 2.24) is 0 Å². The lowest BCUT2D eigenvalue weighted by atomic mass is 10.1. The molecule has 0 aliphatic rings. The van der Waals surface area contributed by atoms with Crippen molar-refractivity contribution < 1.29 is 23.8 Å². The summed E-state index contributed by atoms with van der Waals surface area (Å²) >= 11 is 0. The van der Waals surface area contributed by atoms with E-state index in [1.54, 1.807) is 6.92 Å². The van der Waals surface area contributed by atoms with Crippen LogP contribution in [0.3, 0.4) is 0 Å². The molecule has 5 nitrogen and oxygen atoms in total. The van der Waals surface area contributed by atoms with E-state index in [4.69, 9.17) is 14.3 Å². The van der Waals surface area contributed by atoms with E-state index >= 15 is 0 Å². The summed E-state index contributed by atoms with van der Waals surface area (Å²) in [6.45, 7) is 4.88. The molecular weight excluding hydrogens is 200 g/mol. The van der Waals surface area contributed by atoms with Gasteiger partial charge in [0.25, 0.3) is 0 Å². The third kappa shape index (κ3) is 2.01. The van der Waals surface area contributed by atoms with Crippen LogP contribution in [0, 0.1) is 13.8 Å². The van der Waals surface area contributed by atoms with Crippen LogP contribution in [0.25, 0.3) is 0 Å². The van der Waals surface area contributed by atoms with Crippen molar-refractivity contribution in [2.45, 2.75) is 20.8 Å². The topological polar surface area (TPSA) is 76.7 Å². The van der Waals surface area contributed by atoms with Crippen LogP contribution in [0.4, 0.5) is 0 Å².